The Labute approximate surface area is 132 Å². The van der Waals surface area contributed by atoms with Gasteiger partial charge < -0.3 is 4.98 Å². The Morgan fingerprint density at radius 1 is 1.10 bits per heavy atom. The second kappa shape index (κ2) is 5.21. The van der Waals surface area contributed by atoms with E-state index in [1.54, 1.807) is 12.1 Å². The summed E-state index contributed by atoms with van der Waals surface area (Å²) in [6.07, 6.45) is 0.843. The van der Waals surface area contributed by atoms with Gasteiger partial charge in [-0.15, -0.1) is 0 Å². The molecule has 0 saturated carbocycles. The summed E-state index contributed by atoms with van der Waals surface area (Å²) >= 11 is 12.3. The Kier molecular flexibility index (Phi) is 3.52. The van der Waals surface area contributed by atoms with Gasteiger partial charge in [0.1, 0.15) is 0 Å². The second-order valence-corrected chi connectivity index (χ2v) is 6.00. The first kappa shape index (κ1) is 14.2. The van der Waals surface area contributed by atoms with E-state index in [9.17, 15) is 4.79 Å². The van der Waals surface area contributed by atoms with Crippen molar-refractivity contribution in [2.24, 2.45) is 0 Å². The van der Waals surface area contributed by atoms with Crippen LogP contribution in [-0.4, -0.2) is 11.3 Å². The zero-order valence-electron chi connectivity index (χ0n) is 11.6. The van der Waals surface area contributed by atoms with Crippen molar-refractivity contribution in [3.8, 4) is 11.3 Å². The Morgan fingerprint density at radius 2 is 1.86 bits per heavy atom. The summed E-state index contributed by atoms with van der Waals surface area (Å²) in [5.41, 5.74) is 5.35. The average molecular weight is 318 g/mol. The van der Waals surface area contributed by atoms with Crippen molar-refractivity contribution >= 4 is 40.4 Å². The van der Waals surface area contributed by atoms with Gasteiger partial charge in [-0.3, -0.25) is 4.79 Å². The number of fused-ring (bicyclic) bond motifs is 1. The number of rotatable bonds is 2. The molecule has 0 unspecified atom stereocenters. The van der Waals surface area contributed by atoms with E-state index in [2.05, 4.69) is 11.1 Å². The fourth-order valence-electron chi connectivity index (χ4n) is 2.61. The van der Waals surface area contributed by atoms with Crippen molar-refractivity contribution in [3.05, 3.63) is 57.1 Å². The Bertz CT molecular complexity index is 865. The van der Waals surface area contributed by atoms with E-state index in [0.29, 0.717) is 21.0 Å². The van der Waals surface area contributed by atoms with Crippen LogP contribution in [0.5, 0.6) is 0 Å². The Hall–Kier alpha value is -1.77. The number of carbonyl (C=O) groups is 1. The Morgan fingerprint density at radius 3 is 2.57 bits per heavy atom. The first-order chi connectivity index (χ1) is 10.0. The fourth-order valence-corrected chi connectivity index (χ4v) is 3.20. The van der Waals surface area contributed by atoms with E-state index < -0.39 is 0 Å². The maximum absolute atomic E-state index is 11.6. The molecule has 2 nitrogen and oxygen atoms in total. The van der Waals surface area contributed by atoms with Gasteiger partial charge in [0.25, 0.3) is 0 Å². The van der Waals surface area contributed by atoms with Gasteiger partial charge >= 0.3 is 0 Å². The highest BCUT2D eigenvalue weighted by Gasteiger charge is 2.17. The molecule has 106 valence electrons. The molecule has 3 aromatic rings. The van der Waals surface area contributed by atoms with Crippen LogP contribution in [0.1, 0.15) is 21.5 Å². The molecule has 3 rings (SSSR count). The van der Waals surface area contributed by atoms with E-state index in [1.807, 2.05) is 26.0 Å². The molecule has 0 amide bonds. The van der Waals surface area contributed by atoms with Gasteiger partial charge in [-0.25, -0.2) is 0 Å². The van der Waals surface area contributed by atoms with Crippen LogP contribution in [0.15, 0.2) is 30.3 Å². The summed E-state index contributed by atoms with van der Waals surface area (Å²) in [6, 6.07) is 9.58. The summed E-state index contributed by atoms with van der Waals surface area (Å²) in [4.78, 5) is 14.9. The molecular weight excluding hydrogens is 305 g/mol. The highest BCUT2D eigenvalue weighted by Crippen LogP contribution is 2.36. The minimum absolute atomic E-state index is 0.479. The summed E-state index contributed by atoms with van der Waals surface area (Å²) in [7, 11) is 0. The number of aromatic nitrogens is 1. The summed E-state index contributed by atoms with van der Waals surface area (Å²) in [5, 5.41) is 1.73. The van der Waals surface area contributed by atoms with Crippen LogP contribution in [0.25, 0.3) is 22.2 Å². The first-order valence-electron chi connectivity index (χ1n) is 6.55. The van der Waals surface area contributed by atoms with Gasteiger partial charge in [0, 0.05) is 27.1 Å². The van der Waals surface area contributed by atoms with Gasteiger partial charge in [-0.2, -0.15) is 0 Å². The normalized spacial score (nSPS) is 11.0. The fraction of sp³-hybridized carbons (Fsp3) is 0.118. The second-order valence-electron chi connectivity index (χ2n) is 5.16. The number of halogens is 2. The molecule has 0 atom stereocenters. The lowest BCUT2D eigenvalue weighted by Gasteiger charge is -2.06. The molecule has 1 N–H and O–H groups in total. The summed E-state index contributed by atoms with van der Waals surface area (Å²) < 4.78 is 0. The quantitative estimate of drug-likeness (QED) is 0.616. The summed E-state index contributed by atoms with van der Waals surface area (Å²) in [6.45, 7) is 4.04. The molecule has 1 heterocycles. The van der Waals surface area contributed by atoms with Crippen molar-refractivity contribution in [2.45, 2.75) is 13.8 Å². The third-order valence-corrected chi connectivity index (χ3v) is 4.15. The zero-order chi connectivity index (χ0) is 15.1. The standard InChI is InChI=1S/C17H13Cl2NO/c1-9-3-4-10(2)12(5-9)17-13(8-21)16-14(19)6-11(18)7-15(16)20-17/h3-8,20H,1-2H3. The molecule has 1 aromatic heterocycles. The number of aryl methyl sites for hydroxylation is 2. The van der Waals surface area contributed by atoms with Crippen LogP contribution < -0.4 is 0 Å². The number of aromatic amines is 1. The van der Waals surface area contributed by atoms with Crippen LogP contribution in [0.3, 0.4) is 0 Å². The monoisotopic (exact) mass is 317 g/mol. The molecule has 0 radical (unpaired) electrons. The van der Waals surface area contributed by atoms with E-state index in [4.69, 9.17) is 23.2 Å². The zero-order valence-corrected chi connectivity index (χ0v) is 13.1. The lowest BCUT2D eigenvalue weighted by molar-refractivity contribution is 0.112. The average Bonchev–Trinajstić information content (AvgIpc) is 2.79. The van der Waals surface area contributed by atoms with Crippen molar-refractivity contribution in [1.29, 1.82) is 0 Å². The lowest BCUT2D eigenvalue weighted by Crippen LogP contribution is -1.89. The van der Waals surface area contributed by atoms with Crippen LogP contribution in [0, 0.1) is 13.8 Å². The van der Waals surface area contributed by atoms with Crippen LogP contribution in [0.4, 0.5) is 0 Å². The maximum Gasteiger partial charge on any atom is 0.152 e. The number of benzene rings is 2. The maximum atomic E-state index is 11.6. The molecule has 0 saturated heterocycles. The van der Waals surface area contributed by atoms with E-state index in [0.717, 1.165) is 34.2 Å². The molecule has 21 heavy (non-hydrogen) atoms. The van der Waals surface area contributed by atoms with Crippen LogP contribution in [-0.2, 0) is 0 Å². The molecule has 0 aliphatic carbocycles. The van der Waals surface area contributed by atoms with E-state index in [1.165, 1.54) is 0 Å². The largest absolute Gasteiger partial charge is 0.354 e. The SMILES string of the molecule is Cc1ccc(C)c(-c2[nH]c3cc(Cl)cc(Cl)c3c2C=O)c1. The highest BCUT2D eigenvalue weighted by molar-refractivity contribution is 6.39. The molecule has 0 spiro atoms. The van der Waals surface area contributed by atoms with Gasteiger partial charge in [0.05, 0.1) is 10.7 Å². The van der Waals surface area contributed by atoms with Gasteiger partial charge in [0.15, 0.2) is 6.29 Å². The first-order valence-corrected chi connectivity index (χ1v) is 7.30. The van der Waals surface area contributed by atoms with Gasteiger partial charge in [0.2, 0.25) is 0 Å². The molecular formula is C17H13Cl2NO. The van der Waals surface area contributed by atoms with Crippen LogP contribution >= 0.6 is 23.2 Å². The number of carbonyl (C=O) groups excluding carboxylic acids is 1. The number of hydrogen-bond donors (Lipinski definition) is 1. The predicted octanol–water partition coefficient (Wildman–Crippen LogP) is 5.57. The third-order valence-electron chi connectivity index (χ3n) is 3.63. The Balaban J connectivity index is 2.40. The van der Waals surface area contributed by atoms with Crippen molar-refractivity contribution in [1.82, 2.24) is 4.98 Å². The number of aldehydes is 1. The molecule has 2 aromatic carbocycles. The molecule has 0 bridgehead atoms. The lowest BCUT2D eigenvalue weighted by atomic mass is 10.00. The van der Waals surface area contributed by atoms with E-state index in [-0.39, 0.29) is 0 Å². The van der Waals surface area contributed by atoms with Crippen molar-refractivity contribution < 1.29 is 4.79 Å². The minimum atomic E-state index is 0.479. The van der Waals surface area contributed by atoms with Gasteiger partial charge in [-0.1, -0.05) is 40.9 Å². The van der Waals surface area contributed by atoms with E-state index >= 15 is 0 Å². The molecule has 0 aliphatic heterocycles. The van der Waals surface area contributed by atoms with Crippen LogP contribution in [0.2, 0.25) is 10.0 Å². The number of nitrogens with one attached hydrogen (secondary N) is 1. The highest BCUT2D eigenvalue weighted by atomic mass is 35.5. The number of hydrogen-bond acceptors (Lipinski definition) is 1. The van der Waals surface area contributed by atoms with Gasteiger partial charge in [-0.05, 0) is 37.6 Å². The van der Waals surface area contributed by atoms with Crippen molar-refractivity contribution in [2.75, 3.05) is 0 Å². The number of H-pyrrole nitrogens is 1. The third kappa shape index (κ3) is 2.35. The molecule has 0 aliphatic rings. The van der Waals surface area contributed by atoms with Crippen molar-refractivity contribution in [3.63, 3.8) is 0 Å². The minimum Gasteiger partial charge on any atom is -0.354 e. The predicted molar refractivity (Wildman–Crippen MR) is 88.6 cm³/mol. The molecule has 4 heteroatoms. The smallest absolute Gasteiger partial charge is 0.152 e. The topological polar surface area (TPSA) is 32.9 Å². The molecule has 0 fully saturated rings. The summed E-state index contributed by atoms with van der Waals surface area (Å²) in [5.74, 6) is 0.